The van der Waals surface area contributed by atoms with Crippen molar-refractivity contribution >= 4 is 23.8 Å². The van der Waals surface area contributed by atoms with Crippen molar-refractivity contribution in [1.82, 2.24) is 0 Å². The van der Waals surface area contributed by atoms with Crippen LogP contribution < -0.4 is 10.3 Å². The van der Waals surface area contributed by atoms with Crippen LogP contribution >= 0.6 is 0 Å². The maximum absolute atomic E-state index is 11.6. The van der Waals surface area contributed by atoms with Gasteiger partial charge in [0, 0.05) is 31.1 Å². The van der Waals surface area contributed by atoms with Crippen molar-refractivity contribution in [3.05, 3.63) is 42.2 Å². The van der Waals surface area contributed by atoms with Crippen molar-refractivity contribution in [3.63, 3.8) is 0 Å². The molecule has 1 amide bonds. The molecule has 28 heavy (non-hydrogen) atoms. The Kier molecular flexibility index (Phi) is 6.83. The highest BCUT2D eigenvalue weighted by Crippen LogP contribution is 2.33. The van der Waals surface area contributed by atoms with Crippen LogP contribution in [0.15, 0.2) is 36.7 Å². The molecule has 1 fully saturated rings. The molecule has 0 aromatic carbocycles. The number of carbonyl (C=O) groups is 4. The van der Waals surface area contributed by atoms with Crippen LogP contribution in [0, 0.1) is 5.92 Å². The van der Waals surface area contributed by atoms with E-state index in [1.165, 1.54) is 19.2 Å². The molecule has 2 rings (SSSR count). The fourth-order valence-electron chi connectivity index (χ4n) is 2.79. The molecule has 3 N–H and O–H groups in total. The average molecular weight is 393 g/mol. The van der Waals surface area contributed by atoms with E-state index in [9.17, 15) is 19.2 Å². The number of rotatable bonds is 7. The molecular formula is C18H21N2O8+. The Morgan fingerprint density at radius 3 is 2.64 bits per heavy atom. The second-order valence-electron chi connectivity index (χ2n) is 6.20. The number of carboxylic acid groups (broad SMARTS) is 1. The number of primary amides is 1. The Hall–Kier alpha value is -3.27. The lowest BCUT2D eigenvalue weighted by Crippen LogP contribution is -2.46. The first-order chi connectivity index (χ1) is 13.2. The molecule has 0 radical (unpaired) electrons. The second kappa shape index (κ2) is 9.09. The summed E-state index contributed by atoms with van der Waals surface area (Å²) in [4.78, 5) is 44.9. The smallest absolute Gasteiger partial charge is 0.331 e. The summed E-state index contributed by atoms with van der Waals surface area (Å²) in [5, 5.41) is 8.52. The zero-order valence-corrected chi connectivity index (χ0v) is 15.3. The molecule has 0 bridgehead atoms. The van der Waals surface area contributed by atoms with Crippen LogP contribution in [0.2, 0.25) is 0 Å². The van der Waals surface area contributed by atoms with Gasteiger partial charge in [-0.3, -0.25) is 9.59 Å². The number of hydrogen-bond acceptors (Lipinski definition) is 7. The summed E-state index contributed by atoms with van der Waals surface area (Å²) in [6.07, 6.45) is 2.46. The number of nitrogens with two attached hydrogens (primary N) is 1. The molecule has 2 heterocycles. The number of carboxylic acids is 1. The molecule has 0 saturated carbocycles. The first-order valence-corrected chi connectivity index (χ1v) is 8.40. The minimum atomic E-state index is -1.27. The molecule has 10 heteroatoms. The highest BCUT2D eigenvalue weighted by Gasteiger charge is 2.50. The zero-order chi connectivity index (χ0) is 20.8. The molecule has 1 aromatic rings. The van der Waals surface area contributed by atoms with Gasteiger partial charge in [-0.2, -0.15) is 4.57 Å². The quantitative estimate of drug-likeness (QED) is 0.365. The van der Waals surface area contributed by atoms with Crippen molar-refractivity contribution in [2.24, 2.45) is 11.7 Å². The van der Waals surface area contributed by atoms with Gasteiger partial charge in [-0.05, 0) is 6.07 Å². The van der Waals surface area contributed by atoms with Gasteiger partial charge in [0.15, 0.2) is 18.5 Å². The van der Waals surface area contributed by atoms with Gasteiger partial charge in [-0.1, -0.05) is 6.92 Å². The van der Waals surface area contributed by atoms with Crippen molar-refractivity contribution in [1.29, 1.82) is 0 Å². The van der Waals surface area contributed by atoms with E-state index >= 15 is 0 Å². The largest absolute Gasteiger partial charge is 0.478 e. The fraction of sp³-hybridized carbons (Fsp3) is 0.389. The lowest BCUT2D eigenvalue weighted by molar-refractivity contribution is -0.765. The molecule has 1 aromatic heterocycles. The molecule has 0 spiro atoms. The average Bonchev–Trinajstić information content (AvgIpc) is 2.93. The van der Waals surface area contributed by atoms with E-state index in [0.717, 1.165) is 6.08 Å². The minimum Gasteiger partial charge on any atom is -0.478 e. The fourth-order valence-corrected chi connectivity index (χ4v) is 2.79. The second-order valence-corrected chi connectivity index (χ2v) is 6.20. The van der Waals surface area contributed by atoms with Crippen LogP contribution in [0.3, 0.4) is 0 Å². The number of aliphatic carboxylic acids is 1. The molecule has 0 unspecified atom stereocenters. The number of ether oxygens (including phenoxy) is 3. The van der Waals surface area contributed by atoms with Crippen molar-refractivity contribution < 1.29 is 43.1 Å². The number of esters is 2. The summed E-state index contributed by atoms with van der Waals surface area (Å²) in [6, 6.07) is 3.13. The van der Waals surface area contributed by atoms with E-state index in [-0.39, 0.29) is 18.1 Å². The van der Waals surface area contributed by atoms with Gasteiger partial charge in [0.1, 0.15) is 18.3 Å². The first-order valence-electron chi connectivity index (χ1n) is 8.40. The lowest BCUT2D eigenvalue weighted by atomic mass is 10.0. The Morgan fingerprint density at radius 1 is 1.32 bits per heavy atom. The summed E-state index contributed by atoms with van der Waals surface area (Å²) in [5.74, 6) is -3.61. The van der Waals surface area contributed by atoms with E-state index in [2.05, 4.69) is 0 Å². The number of aromatic nitrogens is 1. The molecule has 0 aliphatic carbocycles. The van der Waals surface area contributed by atoms with Gasteiger partial charge in [-0.15, -0.1) is 0 Å². The summed E-state index contributed by atoms with van der Waals surface area (Å²) >= 11 is 0. The van der Waals surface area contributed by atoms with E-state index in [0.29, 0.717) is 6.08 Å². The molecule has 1 aliphatic heterocycles. The number of carbonyl (C=O) groups excluding carboxylic acids is 3. The zero-order valence-electron chi connectivity index (χ0n) is 15.3. The summed E-state index contributed by atoms with van der Waals surface area (Å²) < 4.78 is 17.8. The number of pyridine rings is 1. The Morgan fingerprint density at radius 2 is 2.04 bits per heavy atom. The topological polar surface area (TPSA) is 146 Å². The van der Waals surface area contributed by atoms with E-state index < -0.39 is 42.3 Å². The highest BCUT2D eigenvalue weighted by atomic mass is 16.6. The Balaban J connectivity index is 2.17. The van der Waals surface area contributed by atoms with Gasteiger partial charge < -0.3 is 25.1 Å². The maximum Gasteiger partial charge on any atom is 0.331 e. The number of nitrogens with zero attached hydrogens (tertiary/aromatic N) is 1. The molecule has 1 saturated heterocycles. The van der Waals surface area contributed by atoms with Crippen LogP contribution in [-0.4, -0.2) is 47.7 Å². The van der Waals surface area contributed by atoms with Crippen LogP contribution in [-0.2, 0) is 28.6 Å². The highest BCUT2D eigenvalue weighted by molar-refractivity contribution is 5.92. The maximum atomic E-state index is 11.6. The molecule has 1 aliphatic rings. The molecular weight excluding hydrogens is 372 g/mol. The third kappa shape index (κ3) is 5.36. The van der Waals surface area contributed by atoms with Gasteiger partial charge in [0.05, 0.1) is 0 Å². The third-order valence-electron chi connectivity index (χ3n) is 4.15. The monoisotopic (exact) mass is 393 g/mol. The third-order valence-corrected chi connectivity index (χ3v) is 4.15. The minimum absolute atomic E-state index is 0.172. The van der Waals surface area contributed by atoms with E-state index in [1.54, 1.807) is 23.8 Å². The predicted octanol–water partition coefficient (Wildman–Crippen LogP) is -0.278. The summed E-state index contributed by atoms with van der Waals surface area (Å²) in [7, 11) is 0. The van der Waals surface area contributed by atoms with Crippen LogP contribution in [0.25, 0.3) is 0 Å². The number of hydrogen-bond donors (Lipinski definition) is 2. The van der Waals surface area contributed by atoms with Crippen molar-refractivity contribution in [3.8, 4) is 0 Å². The SMILES string of the molecule is CC(=O)O[C@@H]1[C@H](C)[C@@H](COC(=O)/C=C/C(=O)O)O[C@H]1[n+]1cccc(C(N)=O)c1. The standard InChI is InChI=1S/C18H20N2O8/c1-10-13(9-26-15(24)6-5-14(22)23)28-18(16(10)27-11(2)21)20-7-3-4-12(8-20)17(19)25/h3-8,10,13,16,18H,9H2,1-2H3,(H2-,19,22,23,25)/p+1/b6-5+/t10-,13-,16-,18-/m1/s1. The summed E-state index contributed by atoms with van der Waals surface area (Å²) in [5.41, 5.74) is 5.54. The van der Waals surface area contributed by atoms with Crippen LogP contribution in [0.1, 0.15) is 30.4 Å². The Labute approximate surface area is 160 Å². The van der Waals surface area contributed by atoms with Gasteiger partial charge in [0.25, 0.3) is 5.91 Å². The molecule has 150 valence electrons. The predicted molar refractivity (Wildman–Crippen MR) is 91.5 cm³/mol. The van der Waals surface area contributed by atoms with Gasteiger partial charge in [-0.25, -0.2) is 9.59 Å². The van der Waals surface area contributed by atoms with Crippen molar-refractivity contribution in [2.75, 3.05) is 6.61 Å². The first kappa shape index (κ1) is 21.0. The summed E-state index contributed by atoms with van der Waals surface area (Å²) in [6.45, 7) is 2.85. The normalized spacial score (nSPS) is 24.1. The molecule has 4 atom stereocenters. The number of amides is 1. The van der Waals surface area contributed by atoms with Crippen LogP contribution in [0.4, 0.5) is 0 Å². The van der Waals surface area contributed by atoms with E-state index in [1.807, 2.05) is 0 Å². The lowest BCUT2D eigenvalue weighted by Gasteiger charge is -2.17. The van der Waals surface area contributed by atoms with Crippen LogP contribution in [0.5, 0.6) is 0 Å². The Bertz CT molecular complexity index is 807. The van der Waals surface area contributed by atoms with Gasteiger partial charge >= 0.3 is 24.1 Å². The van der Waals surface area contributed by atoms with Gasteiger partial charge in [0.2, 0.25) is 0 Å². The molecule has 10 nitrogen and oxygen atoms in total. The van der Waals surface area contributed by atoms with E-state index in [4.69, 9.17) is 25.1 Å². The van der Waals surface area contributed by atoms with Crippen molar-refractivity contribution in [2.45, 2.75) is 32.3 Å².